The molecule has 0 saturated heterocycles. The zero-order chi connectivity index (χ0) is 17.9. The van der Waals surface area contributed by atoms with Crippen LogP contribution in [0.5, 0.6) is 0 Å². The van der Waals surface area contributed by atoms with Crippen LogP contribution in [0, 0.1) is 0 Å². The van der Waals surface area contributed by atoms with Gasteiger partial charge >= 0.3 is 0 Å². The smallest absolute Gasteiger partial charge is 0.221 e. The quantitative estimate of drug-likeness (QED) is 0.236. The first-order chi connectivity index (χ1) is 11.7. The first-order valence-corrected chi connectivity index (χ1v) is 9.99. The molecule has 2 N–H and O–H groups in total. The summed E-state index contributed by atoms with van der Waals surface area (Å²) in [4.78, 5) is 14.1. The summed E-state index contributed by atoms with van der Waals surface area (Å²) in [6, 6.07) is 0. The number of rotatable bonds is 17. The van der Waals surface area contributed by atoms with Crippen LogP contribution in [0.25, 0.3) is 0 Å². The highest BCUT2D eigenvalue weighted by Crippen LogP contribution is 2.07. The molecule has 0 aliphatic heterocycles. The van der Waals surface area contributed by atoms with Gasteiger partial charge in [0.2, 0.25) is 5.91 Å². The first kappa shape index (κ1) is 23.1. The van der Waals surface area contributed by atoms with Crippen LogP contribution >= 0.6 is 0 Å². The van der Waals surface area contributed by atoms with E-state index < -0.39 is 0 Å². The number of carbonyl (C=O) groups is 1. The van der Waals surface area contributed by atoms with E-state index in [-0.39, 0.29) is 5.91 Å². The fourth-order valence-electron chi connectivity index (χ4n) is 2.59. The number of aliphatic hydroxyl groups excluding tert-OH is 1. The van der Waals surface area contributed by atoms with Crippen LogP contribution in [-0.2, 0) is 4.79 Å². The lowest BCUT2D eigenvalue weighted by Gasteiger charge is -2.20. The van der Waals surface area contributed by atoms with Crippen molar-refractivity contribution in [3.05, 3.63) is 12.2 Å². The molecule has 0 aromatic heterocycles. The number of unbranched alkanes of at least 4 members (excludes halogenated alkanes) is 7. The number of nitrogens with zero attached hydrogens (tertiary/aromatic N) is 1. The molecule has 0 aliphatic carbocycles. The molecule has 0 spiro atoms. The van der Waals surface area contributed by atoms with E-state index in [2.05, 4.69) is 36.2 Å². The predicted molar refractivity (Wildman–Crippen MR) is 103 cm³/mol. The Labute approximate surface area is 149 Å². The van der Waals surface area contributed by atoms with Crippen LogP contribution in [-0.4, -0.2) is 42.3 Å². The molecule has 0 aromatic rings. The van der Waals surface area contributed by atoms with Crippen molar-refractivity contribution < 1.29 is 9.90 Å². The fourth-order valence-corrected chi connectivity index (χ4v) is 2.59. The highest BCUT2D eigenvalue weighted by molar-refractivity contribution is 5.75. The molecule has 4 heteroatoms. The van der Waals surface area contributed by atoms with Crippen molar-refractivity contribution in [2.45, 2.75) is 84.5 Å². The summed E-state index contributed by atoms with van der Waals surface area (Å²) in [5.41, 5.74) is 0. The molecule has 1 amide bonds. The predicted octanol–water partition coefficient (Wildman–Crippen LogP) is 4.24. The summed E-state index contributed by atoms with van der Waals surface area (Å²) in [6.07, 6.45) is 16.3. The molecule has 0 rings (SSSR count). The summed E-state index contributed by atoms with van der Waals surface area (Å²) in [7, 11) is 0. The number of hydrogen-bond donors (Lipinski definition) is 2. The Balaban J connectivity index is 3.56. The van der Waals surface area contributed by atoms with Gasteiger partial charge in [0, 0.05) is 13.0 Å². The van der Waals surface area contributed by atoms with Crippen molar-refractivity contribution >= 4 is 5.91 Å². The number of carbonyl (C=O) groups excluding carboxylic acids is 1. The zero-order valence-corrected chi connectivity index (χ0v) is 16.1. The van der Waals surface area contributed by atoms with Crippen LogP contribution < -0.4 is 5.32 Å². The Bertz CT molecular complexity index is 306. The SMILES string of the molecule is CCC/C=C/CCC(=O)NCN(CC)CCCCCCCCCO. The Kier molecular flexibility index (Phi) is 17.8. The molecule has 0 saturated carbocycles. The molecule has 0 unspecified atom stereocenters. The fraction of sp³-hybridized carbons (Fsp3) is 0.850. The molecule has 0 atom stereocenters. The third-order valence-electron chi connectivity index (χ3n) is 4.24. The number of hydrogen-bond acceptors (Lipinski definition) is 3. The lowest BCUT2D eigenvalue weighted by atomic mass is 10.1. The number of amides is 1. The van der Waals surface area contributed by atoms with E-state index in [1.165, 1.54) is 32.1 Å². The third-order valence-corrected chi connectivity index (χ3v) is 4.24. The number of aliphatic hydroxyl groups is 1. The average molecular weight is 341 g/mol. The normalized spacial score (nSPS) is 11.5. The first-order valence-electron chi connectivity index (χ1n) is 9.99. The highest BCUT2D eigenvalue weighted by Gasteiger charge is 2.04. The van der Waals surface area contributed by atoms with Crippen molar-refractivity contribution in [1.29, 1.82) is 0 Å². The summed E-state index contributed by atoms with van der Waals surface area (Å²) in [6.45, 7) is 7.34. The Morgan fingerprint density at radius 3 is 2.21 bits per heavy atom. The van der Waals surface area contributed by atoms with Crippen molar-refractivity contribution in [1.82, 2.24) is 10.2 Å². The van der Waals surface area contributed by atoms with Crippen LogP contribution in [0.2, 0.25) is 0 Å². The van der Waals surface area contributed by atoms with Gasteiger partial charge in [0.15, 0.2) is 0 Å². The maximum atomic E-state index is 11.8. The van der Waals surface area contributed by atoms with Crippen molar-refractivity contribution in [3.8, 4) is 0 Å². The monoisotopic (exact) mass is 340 g/mol. The van der Waals surface area contributed by atoms with Crippen molar-refractivity contribution in [2.24, 2.45) is 0 Å². The van der Waals surface area contributed by atoms with E-state index in [0.717, 1.165) is 45.2 Å². The van der Waals surface area contributed by atoms with Gasteiger partial charge in [-0.05, 0) is 38.8 Å². The number of nitrogens with one attached hydrogen (secondary N) is 1. The summed E-state index contributed by atoms with van der Waals surface area (Å²) >= 11 is 0. The van der Waals surface area contributed by atoms with Gasteiger partial charge < -0.3 is 10.4 Å². The topological polar surface area (TPSA) is 52.6 Å². The van der Waals surface area contributed by atoms with Gasteiger partial charge in [0.05, 0.1) is 6.67 Å². The van der Waals surface area contributed by atoms with Crippen LogP contribution in [0.3, 0.4) is 0 Å². The Morgan fingerprint density at radius 1 is 0.958 bits per heavy atom. The van der Waals surface area contributed by atoms with Crippen LogP contribution in [0.4, 0.5) is 0 Å². The van der Waals surface area contributed by atoms with Gasteiger partial charge in [-0.1, -0.05) is 64.5 Å². The van der Waals surface area contributed by atoms with Gasteiger partial charge in [-0.2, -0.15) is 0 Å². The largest absolute Gasteiger partial charge is 0.396 e. The minimum atomic E-state index is 0.151. The molecule has 0 aliphatic rings. The molecule has 0 bridgehead atoms. The molecule has 24 heavy (non-hydrogen) atoms. The maximum Gasteiger partial charge on any atom is 0.221 e. The molecular weight excluding hydrogens is 300 g/mol. The standard InChI is InChI=1S/C20H40N2O2/c1-3-5-6-10-13-16-20(24)21-19-22(4-2)17-14-11-8-7-9-12-15-18-23/h6,10,23H,3-5,7-9,11-19H2,1-2H3,(H,21,24)/b10-6+. The molecule has 0 fully saturated rings. The van der Waals surface area contributed by atoms with Gasteiger partial charge in [-0.15, -0.1) is 0 Å². The minimum absolute atomic E-state index is 0.151. The van der Waals surface area contributed by atoms with Gasteiger partial charge in [0.1, 0.15) is 0 Å². The molecule has 0 radical (unpaired) electrons. The molecule has 4 nitrogen and oxygen atoms in total. The van der Waals surface area contributed by atoms with Gasteiger partial charge in [0.25, 0.3) is 0 Å². The lowest BCUT2D eigenvalue weighted by Crippen LogP contribution is -2.38. The van der Waals surface area contributed by atoms with E-state index in [1.54, 1.807) is 0 Å². The van der Waals surface area contributed by atoms with E-state index in [0.29, 0.717) is 19.7 Å². The van der Waals surface area contributed by atoms with Gasteiger partial charge in [-0.3, -0.25) is 9.69 Å². The summed E-state index contributed by atoms with van der Waals surface area (Å²) in [5.74, 6) is 0.151. The second kappa shape index (κ2) is 18.5. The van der Waals surface area contributed by atoms with Crippen LogP contribution in [0.15, 0.2) is 12.2 Å². The van der Waals surface area contributed by atoms with E-state index in [1.807, 2.05) is 0 Å². The molecule has 0 heterocycles. The zero-order valence-electron chi connectivity index (χ0n) is 16.1. The molecule has 0 aromatic carbocycles. The lowest BCUT2D eigenvalue weighted by molar-refractivity contribution is -0.121. The third kappa shape index (κ3) is 16.0. The van der Waals surface area contributed by atoms with Crippen LogP contribution in [0.1, 0.15) is 84.5 Å². The van der Waals surface area contributed by atoms with Crippen molar-refractivity contribution in [2.75, 3.05) is 26.4 Å². The van der Waals surface area contributed by atoms with Crippen molar-refractivity contribution in [3.63, 3.8) is 0 Å². The average Bonchev–Trinajstić information content (AvgIpc) is 2.59. The Hall–Kier alpha value is -0.870. The highest BCUT2D eigenvalue weighted by atomic mass is 16.2. The number of allylic oxidation sites excluding steroid dienone is 2. The second-order valence-electron chi connectivity index (χ2n) is 6.47. The Morgan fingerprint density at radius 2 is 1.58 bits per heavy atom. The van der Waals surface area contributed by atoms with E-state index in [9.17, 15) is 4.79 Å². The minimum Gasteiger partial charge on any atom is -0.396 e. The summed E-state index contributed by atoms with van der Waals surface area (Å²) in [5, 5.41) is 11.8. The van der Waals surface area contributed by atoms with Gasteiger partial charge in [-0.25, -0.2) is 0 Å². The van der Waals surface area contributed by atoms with E-state index >= 15 is 0 Å². The molecule has 142 valence electrons. The summed E-state index contributed by atoms with van der Waals surface area (Å²) < 4.78 is 0. The molecular formula is C20H40N2O2. The maximum absolute atomic E-state index is 11.8. The second-order valence-corrected chi connectivity index (χ2v) is 6.47. The van der Waals surface area contributed by atoms with E-state index in [4.69, 9.17) is 5.11 Å².